The Kier molecular flexibility index (Phi) is 35.0. The minimum absolute atomic E-state index is 0. The van der Waals surface area contributed by atoms with Gasteiger partial charge in [0.15, 0.2) is 16.6 Å². The molecule has 0 aliphatic carbocycles. The molecule has 0 bridgehead atoms. The molecule has 240 valence electrons. The Morgan fingerprint density at radius 2 is 1.10 bits per heavy atom. The quantitative estimate of drug-likeness (QED) is 0.132. The fourth-order valence-corrected chi connectivity index (χ4v) is 18.2. The predicted molar refractivity (Wildman–Crippen MR) is 164 cm³/mol. The topological polar surface area (TPSA) is 139 Å². The highest BCUT2D eigenvalue weighted by Crippen LogP contribution is 2.28. The van der Waals surface area contributed by atoms with E-state index in [-0.39, 0.29) is 52.9 Å². The molecule has 10 nitrogen and oxygen atoms in total. The predicted octanol–water partition coefficient (Wildman–Crippen LogP) is 6.83. The van der Waals surface area contributed by atoms with Gasteiger partial charge < -0.3 is 17.7 Å². The van der Waals surface area contributed by atoms with Crippen molar-refractivity contribution >= 4 is 49.4 Å². The number of hydrogen-bond donors (Lipinski definition) is 0. The van der Waals surface area contributed by atoms with E-state index in [0.717, 1.165) is 18.4 Å². The summed E-state index contributed by atoms with van der Waals surface area (Å²) in [4.78, 5) is 56.1. The normalized spacial score (nSPS) is 11.8. The third kappa shape index (κ3) is 30.8. The summed E-state index contributed by atoms with van der Waals surface area (Å²) in [5, 5.41) is 0. The molecule has 0 aromatic rings. The summed E-state index contributed by atoms with van der Waals surface area (Å²) in [5.74, 6) is -0.411. The zero-order valence-corrected chi connectivity index (χ0v) is 27.4. The fourth-order valence-electron chi connectivity index (χ4n) is 4.06. The first-order valence-corrected chi connectivity index (χ1v) is 21.6. The third-order valence-electron chi connectivity index (χ3n) is 5.72. The third-order valence-corrected chi connectivity index (χ3v) is 17.2. The number of rotatable bonds is 16. The van der Waals surface area contributed by atoms with Crippen LogP contribution in [-0.4, -0.2) is 63.7 Å². The first-order chi connectivity index (χ1) is 17.0. The molecule has 0 aromatic carbocycles. The second-order valence-electron chi connectivity index (χ2n) is 10.6. The van der Waals surface area contributed by atoms with Crippen molar-refractivity contribution in [1.82, 2.24) is 0 Å². The molecule has 0 amide bonds. The maximum atomic E-state index is 12.0. The Balaban J connectivity index is -0.000000293. The van der Waals surface area contributed by atoms with Crippen LogP contribution in [0.3, 0.4) is 0 Å². The molecule has 0 fully saturated rings. The fraction of sp³-hybridized carbons (Fsp3) is 0.852. The summed E-state index contributed by atoms with van der Waals surface area (Å²) in [6.45, 7) is 18.0. The van der Waals surface area contributed by atoms with Crippen LogP contribution in [0.1, 0.15) is 74.7 Å². The summed E-state index contributed by atoms with van der Waals surface area (Å²) in [6, 6.07) is 2.09. The lowest BCUT2D eigenvalue weighted by Gasteiger charge is -2.39. The lowest BCUT2D eigenvalue weighted by molar-refractivity contribution is -0.193. The largest absolute Gasteiger partial charge is 0.469 e. The van der Waals surface area contributed by atoms with Gasteiger partial charge in [0.25, 0.3) is 0 Å². The van der Waals surface area contributed by atoms with E-state index in [2.05, 4.69) is 53.1 Å². The first-order valence-electron chi connectivity index (χ1n) is 12.5. The molecule has 13 heteroatoms. The zero-order valence-electron chi connectivity index (χ0n) is 24.4. The molecular weight excluding hydrogens is 569 g/mol. The Labute approximate surface area is 247 Å². The number of carbonyl (C=O) groups is 2. The summed E-state index contributed by atoms with van der Waals surface area (Å²) in [5.41, 5.74) is 0. The SMILES string of the molecule is C.C.C.CCC(C)CCC[Si](C)(C)O[Si](C)(C)O[Si](C)(C)CCCC(CC(=O)OC)C(=O)OC.O=C=O.O=C=O. The Morgan fingerprint density at radius 3 is 1.43 bits per heavy atom. The van der Waals surface area contributed by atoms with E-state index in [1.807, 2.05) is 0 Å². The minimum Gasteiger partial charge on any atom is -0.469 e. The van der Waals surface area contributed by atoms with Crippen molar-refractivity contribution in [2.45, 2.75) is 126 Å². The molecule has 0 radical (unpaired) electrons. The van der Waals surface area contributed by atoms with Gasteiger partial charge in [0.1, 0.15) is 0 Å². The summed E-state index contributed by atoms with van der Waals surface area (Å²) < 4.78 is 22.9. The number of carbonyl (C=O) groups excluding carboxylic acids is 6. The van der Waals surface area contributed by atoms with E-state index in [9.17, 15) is 9.59 Å². The van der Waals surface area contributed by atoms with Crippen LogP contribution >= 0.6 is 0 Å². The number of ether oxygens (including phenoxy) is 2. The molecule has 0 aliphatic heterocycles. The van der Waals surface area contributed by atoms with E-state index in [0.29, 0.717) is 6.42 Å². The summed E-state index contributed by atoms with van der Waals surface area (Å²) in [6.07, 6.45) is 5.71. The van der Waals surface area contributed by atoms with E-state index >= 15 is 0 Å². The van der Waals surface area contributed by atoms with Crippen LogP contribution in [0.15, 0.2) is 0 Å². The second-order valence-corrected chi connectivity index (χ2v) is 23.1. The van der Waals surface area contributed by atoms with Crippen LogP contribution in [0.25, 0.3) is 0 Å². The van der Waals surface area contributed by atoms with Gasteiger partial charge in [0.2, 0.25) is 0 Å². The van der Waals surface area contributed by atoms with Gasteiger partial charge in [0, 0.05) is 0 Å². The standard InChI is InChI=1S/C22H48O6Si3.2CO2.3CH4/c1-11-19(2)14-12-16-29(5,6)27-31(9,10)28-30(7,8)17-13-15-20(22(24)26-4)18-21(23)25-3;2*2-1-3;;;/h19-20H,11-18H2,1-10H3;;;3*1H4. The molecular formula is C27H60O10Si3. The molecule has 0 N–H and O–H groups in total. The van der Waals surface area contributed by atoms with E-state index in [1.54, 1.807) is 0 Å². The van der Waals surface area contributed by atoms with Crippen molar-refractivity contribution < 1.29 is 46.5 Å². The molecule has 40 heavy (non-hydrogen) atoms. The average Bonchev–Trinajstić information content (AvgIpc) is 2.76. The highest BCUT2D eigenvalue weighted by Gasteiger charge is 2.39. The van der Waals surface area contributed by atoms with Crippen LogP contribution in [0.4, 0.5) is 0 Å². The van der Waals surface area contributed by atoms with Crippen molar-refractivity contribution in [3.8, 4) is 0 Å². The monoisotopic (exact) mass is 628 g/mol. The lowest BCUT2D eigenvalue weighted by Crippen LogP contribution is -2.52. The Hall–Kier alpha value is -1.73. The van der Waals surface area contributed by atoms with Crippen LogP contribution < -0.4 is 0 Å². The molecule has 0 rings (SSSR count). The highest BCUT2D eigenvalue weighted by atomic mass is 28.5. The second kappa shape index (κ2) is 27.4. The van der Waals surface area contributed by atoms with Gasteiger partial charge in [-0.05, 0) is 63.7 Å². The van der Waals surface area contributed by atoms with Crippen LogP contribution in [0.5, 0.6) is 0 Å². The van der Waals surface area contributed by atoms with Gasteiger partial charge in [-0.2, -0.15) is 19.2 Å². The molecule has 0 spiro atoms. The molecule has 0 saturated carbocycles. The Morgan fingerprint density at radius 1 is 0.725 bits per heavy atom. The first kappa shape index (κ1) is 51.0. The van der Waals surface area contributed by atoms with Crippen molar-refractivity contribution in [2.75, 3.05) is 14.2 Å². The number of methoxy groups -OCH3 is 2. The molecule has 0 aromatic heterocycles. The number of hydrogen-bond acceptors (Lipinski definition) is 10. The molecule has 2 unspecified atom stereocenters. The van der Waals surface area contributed by atoms with Crippen molar-refractivity contribution in [1.29, 1.82) is 0 Å². The molecule has 0 saturated heterocycles. The van der Waals surface area contributed by atoms with Gasteiger partial charge in [-0.25, -0.2) is 0 Å². The van der Waals surface area contributed by atoms with Crippen molar-refractivity contribution in [2.24, 2.45) is 11.8 Å². The molecule has 0 heterocycles. The van der Waals surface area contributed by atoms with Crippen molar-refractivity contribution in [3.05, 3.63) is 0 Å². The van der Waals surface area contributed by atoms with Crippen LogP contribution in [0.2, 0.25) is 51.4 Å². The van der Waals surface area contributed by atoms with Gasteiger partial charge >= 0.3 is 32.8 Å². The zero-order chi connectivity index (χ0) is 29.7. The van der Waals surface area contributed by atoms with Gasteiger partial charge in [-0.15, -0.1) is 0 Å². The summed E-state index contributed by atoms with van der Waals surface area (Å²) >= 11 is 0. The smallest absolute Gasteiger partial charge is 0.373 e. The maximum absolute atomic E-state index is 12.0. The van der Waals surface area contributed by atoms with Gasteiger partial charge in [0.05, 0.1) is 26.6 Å². The van der Waals surface area contributed by atoms with E-state index in [4.69, 9.17) is 36.9 Å². The van der Waals surface area contributed by atoms with Crippen molar-refractivity contribution in [3.63, 3.8) is 0 Å². The lowest BCUT2D eigenvalue weighted by atomic mass is 10.0. The van der Waals surface area contributed by atoms with Crippen LogP contribution in [-0.2, 0) is 46.5 Å². The van der Waals surface area contributed by atoms with Gasteiger partial charge in [-0.3, -0.25) is 9.59 Å². The van der Waals surface area contributed by atoms with E-state index in [1.165, 1.54) is 39.5 Å². The number of esters is 2. The summed E-state index contributed by atoms with van der Waals surface area (Å²) in [7, 11) is -3.27. The minimum atomic E-state index is -2.24. The molecule has 0 aliphatic rings. The Bertz CT molecular complexity index is 703. The van der Waals surface area contributed by atoms with Gasteiger partial charge in [-0.1, -0.05) is 61.8 Å². The average molecular weight is 629 g/mol. The maximum Gasteiger partial charge on any atom is 0.373 e. The van der Waals surface area contributed by atoms with Crippen LogP contribution in [0, 0.1) is 11.8 Å². The van der Waals surface area contributed by atoms with E-state index < -0.39 is 31.1 Å². The molecule has 2 atom stereocenters. The highest BCUT2D eigenvalue weighted by molar-refractivity contribution is 6.87.